The maximum atomic E-state index is 5.38. The fourth-order valence-electron chi connectivity index (χ4n) is 0.975. The lowest BCUT2D eigenvalue weighted by Crippen LogP contribution is -1.86. The largest absolute Gasteiger partial charge is 0.419 e. The molecule has 0 aliphatic rings. The number of H-pyrrole nitrogens is 1. The SMILES string of the molecule is Cc1cc(Oc2ccc(Br)cn2)n[nH]1. The van der Waals surface area contributed by atoms with Gasteiger partial charge in [-0.15, -0.1) is 5.10 Å². The minimum absolute atomic E-state index is 0.525. The molecule has 0 atom stereocenters. The summed E-state index contributed by atoms with van der Waals surface area (Å²) in [7, 11) is 0. The number of halogens is 1. The van der Waals surface area contributed by atoms with Crippen LogP contribution >= 0.6 is 15.9 Å². The van der Waals surface area contributed by atoms with Crippen LogP contribution in [0, 0.1) is 6.92 Å². The van der Waals surface area contributed by atoms with E-state index in [9.17, 15) is 0 Å². The first-order valence-corrected chi connectivity index (χ1v) is 4.85. The predicted molar refractivity (Wildman–Crippen MR) is 55.3 cm³/mol. The minimum Gasteiger partial charge on any atom is -0.419 e. The Morgan fingerprint density at radius 2 is 2.21 bits per heavy atom. The maximum Gasteiger partial charge on any atom is 0.240 e. The zero-order valence-corrected chi connectivity index (χ0v) is 9.08. The number of hydrogen-bond acceptors (Lipinski definition) is 3. The molecule has 1 N–H and O–H groups in total. The first-order chi connectivity index (χ1) is 6.74. The highest BCUT2D eigenvalue weighted by Gasteiger charge is 2.01. The third kappa shape index (κ3) is 2.11. The molecule has 0 aliphatic carbocycles. The second-order valence-electron chi connectivity index (χ2n) is 2.81. The lowest BCUT2D eigenvalue weighted by molar-refractivity contribution is 0.443. The first kappa shape index (κ1) is 9.21. The third-order valence-corrected chi connectivity index (χ3v) is 2.06. The summed E-state index contributed by atoms with van der Waals surface area (Å²) < 4.78 is 6.30. The Morgan fingerprint density at radius 3 is 2.79 bits per heavy atom. The van der Waals surface area contributed by atoms with Crippen molar-refractivity contribution in [3.05, 3.63) is 34.6 Å². The van der Waals surface area contributed by atoms with E-state index < -0.39 is 0 Å². The van der Waals surface area contributed by atoms with Crippen LogP contribution < -0.4 is 4.74 Å². The quantitative estimate of drug-likeness (QED) is 0.896. The summed E-state index contributed by atoms with van der Waals surface area (Å²) in [4.78, 5) is 4.06. The Kier molecular flexibility index (Phi) is 2.49. The zero-order chi connectivity index (χ0) is 9.97. The van der Waals surface area contributed by atoms with Crippen LogP contribution in [0.3, 0.4) is 0 Å². The van der Waals surface area contributed by atoms with Crippen LogP contribution in [-0.2, 0) is 0 Å². The highest BCUT2D eigenvalue weighted by atomic mass is 79.9. The van der Waals surface area contributed by atoms with Crippen LogP contribution in [-0.4, -0.2) is 15.2 Å². The van der Waals surface area contributed by atoms with Gasteiger partial charge < -0.3 is 4.74 Å². The Balaban J connectivity index is 2.15. The molecule has 0 radical (unpaired) electrons. The number of aromatic amines is 1. The van der Waals surface area contributed by atoms with Gasteiger partial charge in [-0.3, -0.25) is 5.10 Å². The summed E-state index contributed by atoms with van der Waals surface area (Å²) in [5.41, 5.74) is 0.956. The second kappa shape index (κ2) is 3.79. The van der Waals surface area contributed by atoms with Crippen molar-refractivity contribution in [2.45, 2.75) is 6.92 Å². The minimum atomic E-state index is 0.525. The van der Waals surface area contributed by atoms with Gasteiger partial charge in [0, 0.05) is 28.5 Å². The van der Waals surface area contributed by atoms with Gasteiger partial charge >= 0.3 is 0 Å². The van der Waals surface area contributed by atoms with E-state index in [1.807, 2.05) is 19.1 Å². The summed E-state index contributed by atoms with van der Waals surface area (Å²) in [6.45, 7) is 1.91. The van der Waals surface area contributed by atoms with Gasteiger partial charge in [0.15, 0.2) is 0 Å². The number of hydrogen-bond donors (Lipinski definition) is 1. The Bertz CT molecular complexity index is 424. The average Bonchev–Trinajstić information content (AvgIpc) is 2.56. The smallest absolute Gasteiger partial charge is 0.240 e. The van der Waals surface area contributed by atoms with Gasteiger partial charge in [0.05, 0.1) is 0 Å². The van der Waals surface area contributed by atoms with Crippen molar-refractivity contribution in [3.8, 4) is 11.8 Å². The molecule has 0 unspecified atom stereocenters. The standard InChI is InChI=1S/C9H8BrN3O/c1-6-4-9(13-12-6)14-8-3-2-7(10)5-11-8/h2-5H,1H3,(H,12,13). The van der Waals surface area contributed by atoms with Gasteiger partial charge in [0.25, 0.3) is 0 Å². The van der Waals surface area contributed by atoms with Crippen molar-refractivity contribution in [1.82, 2.24) is 15.2 Å². The van der Waals surface area contributed by atoms with Crippen LogP contribution in [0.25, 0.3) is 0 Å². The molecular formula is C9H8BrN3O. The van der Waals surface area contributed by atoms with E-state index in [4.69, 9.17) is 4.74 Å². The molecule has 5 heteroatoms. The molecule has 14 heavy (non-hydrogen) atoms. The molecule has 0 saturated heterocycles. The average molecular weight is 254 g/mol. The van der Waals surface area contributed by atoms with Gasteiger partial charge in [0.1, 0.15) is 0 Å². The van der Waals surface area contributed by atoms with E-state index in [-0.39, 0.29) is 0 Å². The molecule has 2 aromatic heterocycles. The number of aromatic nitrogens is 3. The number of ether oxygens (including phenoxy) is 1. The van der Waals surface area contributed by atoms with E-state index in [2.05, 4.69) is 31.1 Å². The fourth-order valence-corrected chi connectivity index (χ4v) is 1.21. The summed E-state index contributed by atoms with van der Waals surface area (Å²) in [6, 6.07) is 5.44. The molecule has 0 aromatic carbocycles. The molecule has 72 valence electrons. The highest BCUT2D eigenvalue weighted by Crippen LogP contribution is 2.18. The number of pyridine rings is 1. The van der Waals surface area contributed by atoms with E-state index in [0.29, 0.717) is 11.8 Å². The number of nitrogens with one attached hydrogen (secondary N) is 1. The van der Waals surface area contributed by atoms with Crippen LogP contribution in [0.15, 0.2) is 28.9 Å². The lowest BCUT2D eigenvalue weighted by atomic mass is 10.5. The molecule has 0 amide bonds. The predicted octanol–water partition coefficient (Wildman–Crippen LogP) is 2.67. The number of rotatable bonds is 2. The molecule has 0 bridgehead atoms. The second-order valence-corrected chi connectivity index (χ2v) is 3.72. The van der Waals surface area contributed by atoms with Gasteiger partial charge in [-0.05, 0) is 28.9 Å². The number of nitrogens with zero attached hydrogens (tertiary/aromatic N) is 2. The van der Waals surface area contributed by atoms with Crippen LogP contribution in [0.5, 0.6) is 11.8 Å². The summed E-state index contributed by atoms with van der Waals surface area (Å²) in [6.07, 6.45) is 1.68. The van der Waals surface area contributed by atoms with Crippen molar-refractivity contribution in [3.63, 3.8) is 0 Å². The van der Waals surface area contributed by atoms with Crippen molar-refractivity contribution in [2.75, 3.05) is 0 Å². The molecule has 2 rings (SSSR count). The van der Waals surface area contributed by atoms with Crippen molar-refractivity contribution >= 4 is 15.9 Å². The molecule has 2 heterocycles. The van der Waals surface area contributed by atoms with Gasteiger partial charge in [-0.25, -0.2) is 4.98 Å². The molecule has 0 fully saturated rings. The molecular weight excluding hydrogens is 246 g/mol. The fraction of sp³-hybridized carbons (Fsp3) is 0.111. The monoisotopic (exact) mass is 253 g/mol. The normalized spacial score (nSPS) is 10.1. The van der Waals surface area contributed by atoms with E-state index >= 15 is 0 Å². The van der Waals surface area contributed by atoms with Gasteiger partial charge in [0.2, 0.25) is 11.8 Å². The Hall–Kier alpha value is -1.36. The van der Waals surface area contributed by atoms with Crippen LogP contribution in [0.1, 0.15) is 5.69 Å². The van der Waals surface area contributed by atoms with Crippen molar-refractivity contribution in [2.24, 2.45) is 0 Å². The van der Waals surface area contributed by atoms with Crippen molar-refractivity contribution < 1.29 is 4.74 Å². The summed E-state index contributed by atoms with van der Waals surface area (Å²) in [5.74, 6) is 1.05. The molecule has 2 aromatic rings. The van der Waals surface area contributed by atoms with E-state index in [1.165, 1.54) is 0 Å². The molecule has 0 saturated carbocycles. The Morgan fingerprint density at radius 1 is 1.36 bits per heavy atom. The van der Waals surface area contributed by atoms with E-state index in [1.54, 1.807) is 12.3 Å². The Labute approximate surface area is 89.5 Å². The third-order valence-electron chi connectivity index (χ3n) is 1.59. The van der Waals surface area contributed by atoms with Gasteiger partial charge in [-0.2, -0.15) is 0 Å². The van der Waals surface area contributed by atoms with Crippen LogP contribution in [0.4, 0.5) is 0 Å². The van der Waals surface area contributed by atoms with Crippen LogP contribution in [0.2, 0.25) is 0 Å². The molecule has 0 spiro atoms. The zero-order valence-electron chi connectivity index (χ0n) is 7.49. The summed E-state index contributed by atoms with van der Waals surface area (Å²) >= 11 is 3.30. The van der Waals surface area contributed by atoms with E-state index in [0.717, 1.165) is 10.2 Å². The lowest BCUT2D eigenvalue weighted by Gasteiger charge is -1.99. The topological polar surface area (TPSA) is 50.8 Å². The molecule has 4 nitrogen and oxygen atoms in total. The molecule has 0 aliphatic heterocycles. The van der Waals surface area contributed by atoms with Crippen molar-refractivity contribution in [1.29, 1.82) is 0 Å². The van der Waals surface area contributed by atoms with Gasteiger partial charge in [-0.1, -0.05) is 0 Å². The maximum absolute atomic E-state index is 5.38. The highest BCUT2D eigenvalue weighted by molar-refractivity contribution is 9.10. The first-order valence-electron chi connectivity index (χ1n) is 4.05. The summed E-state index contributed by atoms with van der Waals surface area (Å²) in [5, 5.41) is 6.72. The number of aryl methyl sites for hydroxylation is 1.